The van der Waals surface area contributed by atoms with E-state index in [4.69, 9.17) is 4.74 Å². The predicted octanol–water partition coefficient (Wildman–Crippen LogP) is 4.34. The van der Waals surface area contributed by atoms with E-state index in [0.29, 0.717) is 10.3 Å². The Hall–Kier alpha value is -3.37. The summed E-state index contributed by atoms with van der Waals surface area (Å²) < 4.78 is 5.44. The van der Waals surface area contributed by atoms with Crippen molar-refractivity contribution in [1.29, 1.82) is 0 Å². The SMILES string of the molecule is COc1cccc(N2C(SCC(=O)Nc3nc(C)cs3)=NNC2C2C=Nc3ccccc32)c1. The van der Waals surface area contributed by atoms with Crippen LogP contribution in [-0.2, 0) is 4.79 Å². The molecule has 0 spiro atoms. The van der Waals surface area contributed by atoms with Crippen LogP contribution in [-0.4, -0.2) is 41.3 Å². The van der Waals surface area contributed by atoms with Gasteiger partial charge in [-0.05, 0) is 30.7 Å². The Bertz CT molecular complexity index is 1240. The molecule has 2 unspecified atom stereocenters. The van der Waals surface area contributed by atoms with Gasteiger partial charge in [-0.1, -0.05) is 36.0 Å². The molecule has 3 heterocycles. The number of aliphatic imine (C=N–C) groups is 1. The topological polar surface area (TPSA) is 91.2 Å². The van der Waals surface area contributed by atoms with E-state index >= 15 is 0 Å². The van der Waals surface area contributed by atoms with Crippen LogP contribution in [0.4, 0.5) is 16.5 Å². The number of amidine groups is 1. The molecule has 8 nitrogen and oxygen atoms in total. The molecular formula is C23H22N6O2S2. The maximum Gasteiger partial charge on any atom is 0.236 e. The van der Waals surface area contributed by atoms with Crippen LogP contribution in [0.3, 0.4) is 0 Å². The number of methoxy groups -OCH3 is 1. The predicted molar refractivity (Wildman–Crippen MR) is 135 cm³/mol. The third kappa shape index (κ3) is 4.44. The molecule has 10 heteroatoms. The van der Waals surface area contributed by atoms with E-state index in [0.717, 1.165) is 28.4 Å². The summed E-state index contributed by atoms with van der Waals surface area (Å²) >= 11 is 2.79. The Morgan fingerprint density at radius 1 is 1.27 bits per heavy atom. The van der Waals surface area contributed by atoms with E-state index in [1.165, 1.54) is 23.1 Å². The number of carbonyl (C=O) groups is 1. The Labute approximate surface area is 199 Å². The number of anilines is 2. The molecule has 0 radical (unpaired) electrons. The maximum atomic E-state index is 12.5. The normalized spacial score (nSPS) is 18.6. The summed E-state index contributed by atoms with van der Waals surface area (Å²) in [5.41, 5.74) is 7.19. The average Bonchev–Trinajstić information content (AvgIpc) is 3.55. The molecule has 2 aliphatic heterocycles. The zero-order valence-electron chi connectivity index (χ0n) is 18.1. The number of benzene rings is 2. The lowest BCUT2D eigenvalue weighted by Gasteiger charge is -2.30. The summed E-state index contributed by atoms with van der Waals surface area (Å²) in [6.07, 6.45) is 1.77. The van der Waals surface area contributed by atoms with Crippen molar-refractivity contribution in [2.45, 2.75) is 19.0 Å². The number of nitrogens with one attached hydrogen (secondary N) is 2. The van der Waals surface area contributed by atoms with E-state index in [1.54, 1.807) is 7.11 Å². The van der Waals surface area contributed by atoms with Crippen LogP contribution in [0.25, 0.3) is 0 Å². The van der Waals surface area contributed by atoms with Crippen molar-refractivity contribution in [1.82, 2.24) is 10.4 Å². The number of ether oxygens (including phenoxy) is 1. The number of rotatable bonds is 6. The van der Waals surface area contributed by atoms with Crippen molar-refractivity contribution >= 4 is 56.9 Å². The molecule has 2 aromatic carbocycles. The Balaban J connectivity index is 1.37. The van der Waals surface area contributed by atoms with Gasteiger partial charge in [-0.2, -0.15) is 5.10 Å². The summed E-state index contributed by atoms with van der Waals surface area (Å²) in [5.74, 6) is 0.835. The molecular weight excluding hydrogens is 456 g/mol. The van der Waals surface area contributed by atoms with Crippen LogP contribution in [0.5, 0.6) is 5.75 Å². The molecule has 0 saturated heterocycles. The fraction of sp³-hybridized carbons (Fsp3) is 0.217. The maximum absolute atomic E-state index is 12.5. The van der Waals surface area contributed by atoms with Gasteiger partial charge in [-0.3, -0.25) is 20.1 Å². The lowest BCUT2D eigenvalue weighted by Crippen LogP contribution is -2.44. The highest BCUT2D eigenvalue weighted by molar-refractivity contribution is 8.14. The number of thiazole rings is 1. The zero-order valence-corrected chi connectivity index (χ0v) is 19.7. The number of hydrogen-bond acceptors (Lipinski definition) is 9. The standard InChI is InChI=1S/C23H22N6O2S2/c1-14-12-32-22(25-14)26-20(30)13-33-23-28-27-21(18-11-24-19-9-4-3-8-17(18)19)29(23)15-6-5-7-16(10-15)31-2/h3-12,18,21,27H,13H2,1-2H3,(H,25,26,30). The average molecular weight is 479 g/mol. The number of aryl methyl sites for hydroxylation is 1. The fourth-order valence-corrected chi connectivity index (χ4v) is 5.31. The number of hydrazone groups is 1. The number of amides is 1. The molecule has 5 rings (SSSR count). The van der Waals surface area contributed by atoms with Crippen LogP contribution >= 0.6 is 23.1 Å². The first-order valence-electron chi connectivity index (χ1n) is 10.4. The van der Waals surface area contributed by atoms with E-state index in [1.807, 2.05) is 61.0 Å². The highest BCUT2D eigenvalue weighted by atomic mass is 32.2. The Morgan fingerprint density at radius 2 is 2.15 bits per heavy atom. The van der Waals surface area contributed by atoms with Gasteiger partial charge in [0.25, 0.3) is 0 Å². The van der Waals surface area contributed by atoms with E-state index < -0.39 is 0 Å². The molecule has 3 aromatic rings. The number of fused-ring (bicyclic) bond motifs is 1. The van der Waals surface area contributed by atoms with Crippen LogP contribution in [0.15, 0.2) is 64.0 Å². The lowest BCUT2D eigenvalue weighted by molar-refractivity contribution is -0.113. The van der Waals surface area contributed by atoms with Crippen molar-refractivity contribution in [2.24, 2.45) is 10.1 Å². The molecule has 1 amide bonds. The van der Waals surface area contributed by atoms with Crippen molar-refractivity contribution in [2.75, 3.05) is 23.1 Å². The second kappa shape index (κ2) is 9.24. The van der Waals surface area contributed by atoms with Gasteiger partial charge in [0.2, 0.25) is 5.91 Å². The summed E-state index contributed by atoms with van der Waals surface area (Å²) in [5, 5.41) is 10.7. The largest absolute Gasteiger partial charge is 0.497 e. The second-order valence-corrected chi connectivity index (χ2v) is 9.33. The van der Waals surface area contributed by atoms with Crippen molar-refractivity contribution in [3.05, 3.63) is 65.2 Å². The van der Waals surface area contributed by atoms with Gasteiger partial charge in [0.15, 0.2) is 10.3 Å². The fourth-order valence-electron chi connectivity index (χ4n) is 3.80. The molecule has 1 aromatic heterocycles. The lowest BCUT2D eigenvalue weighted by atomic mass is 9.97. The third-order valence-electron chi connectivity index (χ3n) is 5.32. The molecule has 0 bridgehead atoms. The molecule has 2 aliphatic rings. The minimum atomic E-state index is -0.184. The minimum Gasteiger partial charge on any atom is -0.497 e. The number of hydrogen-bond donors (Lipinski definition) is 2. The van der Waals surface area contributed by atoms with Gasteiger partial charge in [0.1, 0.15) is 11.9 Å². The van der Waals surface area contributed by atoms with Gasteiger partial charge in [-0.25, -0.2) is 4.98 Å². The van der Waals surface area contributed by atoms with Gasteiger partial charge in [0, 0.05) is 23.3 Å². The number of nitrogens with zero attached hydrogens (tertiary/aromatic N) is 4. The molecule has 2 atom stereocenters. The van der Waals surface area contributed by atoms with Gasteiger partial charge >= 0.3 is 0 Å². The third-order valence-corrected chi connectivity index (χ3v) is 7.14. The Morgan fingerprint density at radius 3 is 2.97 bits per heavy atom. The molecule has 33 heavy (non-hydrogen) atoms. The highest BCUT2D eigenvalue weighted by Crippen LogP contribution is 2.39. The number of aromatic nitrogens is 1. The summed E-state index contributed by atoms with van der Waals surface area (Å²) in [6.45, 7) is 1.90. The first-order chi connectivity index (χ1) is 16.1. The summed E-state index contributed by atoms with van der Waals surface area (Å²) in [7, 11) is 1.65. The van der Waals surface area contributed by atoms with Crippen LogP contribution in [0.1, 0.15) is 17.2 Å². The van der Waals surface area contributed by atoms with Gasteiger partial charge < -0.3 is 10.1 Å². The van der Waals surface area contributed by atoms with Gasteiger partial charge in [-0.15, -0.1) is 11.3 Å². The first kappa shape index (κ1) is 21.5. The highest BCUT2D eigenvalue weighted by Gasteiger charge is 2.38. The van der Waals surface area contributed by atoms with Crippen LogP contribution in [0, 0.1) is 6.92 Å². The second-order valence-electron chi connectivity index (χ2n) is 7.53. The number of thioether (sulfide) groups is 1. The first-order valence-corrected chi connectivity index (χ1v) is 12.2. The molecule has 0 fully saturated rings. The minimum absolute atomic E-state index is 0.00127. The van der Waals surface area contributed by atoms with Crippen molar-refractivity contribution in [3.63, 3.8) is 0 Å². The van der Waals surface area contributed by atoms with Crippen LogP contribution in [0.2, 0.25) is 0 Å². The Kier molecular flexibility index (Phi) is 6.01. The zero-order chi connectivity index (χ0) is 22.8. The van der Waals surface area contributed by atoms with E-state index in [9.17, 15) is 4.79 Å². The van der Waals surface area contributed by atoms with Gasteiger partial charge in [0.05, 0.1) is 30.2 Å². The smallest absolute Gasteiger partial charge is 0.236 e. The quantitative estimate of drug-likeness (QED) is 0.548. The summed E-state index contributed by atoms with van der Waals surface area (Å²) in [4.78, 5) is 23.5. The summed E-state index contributed by atoms with van der Waals surface area (Å²) in [6, 6.07) is 15.9. The van der Waals surface area contributed by atoms with Crippen LogP contribution < -0.4 is 20.4 Å². The van der Waals surface area contributed by atoms with E-state index in [-0.39, 0.29) is 23.7 Å². The van der Waals surface area contributed by atoms with Crippen molar-refractivity contribution < 1.29 is 9.53 Å². The number of carbonyl (C=O) groups excluding carboxylic acids is 1. The molecule has 168 valence electrons. The molecule has 2 N–H and O–H groups in total. The number of para-hydroxylation sites is 1. The monoisotopic (exact) mass is 478 g/mol. The van der Waals surface area contributed by atoms with E-state index in [2.05, 4.69) is 36.8 Å². The molecule has 0 aliphatic carbocycles. The molecule has 0 saturated carbocycles. The van der Waals surface area contributed by atoms with Crippen molar-refractivity contribution in [3.8, 4) is 5.75 Å².